The van der Waals surface area contributed by atoms with Crippen molar-refractivity contribution < 1.29 is 9.18 Å². The van der Waals surface area contributed by atoms with Crippen molar-refractivity contribution in [2.24, 2.45) is 0 Å². The molecule has 0 radical (unpaired) electrons. The van der Waals surface area contributed by atoms with Crippen molar-refractivity contribution in [2.45, 2.75) is 13.8 Å². The summed E-state index contributed by atoms with van der Waals surface area (Å²) in [6.45, 7) is 4.01. The van der Waals surface area contributed by atoms with E-state index in [9.17, 15) is 9.18 Å². The molecule has 0 aliphatic carbocycles. The monoisotopic (exact) mass is 326 g/mol. The maximum absolute atomic E-state index is 13.1. The molecule has 3 aromatic rings. The van der Waals surface area contributed by atoms with Crippen molar-refractivity contribution in [2.75, 3.05) is 5.32 Å². The molecule has 116 valence electrons. The van der Waals surface area contributed by atoms with Gasteiger partial charge < -0.3 is 5.32 Å². The maximum atomic E-state index is 13.1. The SMILES string of the molecule is Cc1nc(-c2ccc(C(=O)Nc3cccc(F)c3)cc2)c(C)s1. The zero-order valence-electron chi connectivity index (χ0n) is 12.8. The molecule has 0 spiro atoms. The van der Waals surface area contributed by atoms with E-state index < -0.39 is 0 Å². The lowest BCUT2D eigenvalue weighted by Gasteiger charge is -2.06. The number of hydrogen-bond donors (Lipinski definition) is 1. The first-order valence-corrected chi connectivity index (χ1v) is 7.96. The minimum Gasteiger partial charge on any atom is -0.322 e. The molecule has 0 bridgehead atoms. The molecule has 0 saturated carbocycles. The van der Waals surface area contributed by atoms with Crippen molar-refractivity contribution in [3.8, 4) is 11.3 Å². The van der Waals surface area contributed by atoms with Crippen molar-refractivity contribution in [3.63, 3.8) is 0 Å². The summed E-state index contributed by atoms with van der Waals surface area (Å²) in [5.41, 5.74) is 2.88. The molecule has 2 aromatic carbocycles. The summed E-state index contributed by atoms with van der Waals surface area (Å²) < 4.78 is 13.1. The highest BCUT2D eigenvalue weighted by atomic mass is 32.1. The van der Waals surface area contributed by atoms with Crippen molar-refractivity contribution in [3.05, 3.63) is 69.8 Å². The third-order valence-corrected chi connectivity index (χ3v) is 4.29. The third-order valence-electron chi connectivity index (χ3n) is 3.41. The standard InChI is InChI=1S/C18H15FN2OS/c1-11-17(20-12(2)23-11)13-6-8-14(9-7-13)18(22)21-16-5-3-4-15(19)10-16/h3-10H,1-2H3,(H,21,22). The second kappa shape index (κ2) is 6.30. The van der Waals surface area contributed by atoms with E-state index >= 15 is 0 Å². The predicted octanol–water partition coefficient (Wildman–Crippen LogP) is 4.82. The molecule has 0 saturated heterocycles. The molecule has 1 N–H and O–H groups in total. The van der Waals surface area contributed by atoms with E-state index in [1.165, 1.54) is 12.1 Å². The van der Waals surface area contributed by atoms with Gasteiger partial charge in [0.05, 0.1) is 10.7 Å². The van der Waals surface area contributed by atoms with Crippen LogP contribution in [0.2, 0.25) is 0 Å². The van der Waals surface area contributed by atoms with E-state index in [0.29, 0.717) is 11.3 Å². The number of rotatable bonds is 3. The Labute approximate surface area is 137 Å². The summed E-state index contributed by atoms with van der Waals surface area (Å²) >= 11 is 1.65. The van der Waals surface area contributed by atoms with Crippen LogP contribution in [0.3, 0.4) is 0 Å². The van der Waals surface area contributed by atoms with Gasteiger partial charge in [0.1, 0.15) is 5.82 Å². The van der Waals surface area contributed by atoms with Crippen LogP contribution in [0.15, 0.2) is 48.5 Å². The minimum absolute atomic E-state index is 0.270. The average molecular weight is 326 g/mol. The largest absolute Gasteiger partial charge is 0.322 e. The van der Waals surface area contributed by atoms with Crippen molar-refractivity contribution in [1.29, 1.82) is 0 Å². The molecule has 23 heavy (non-hydrogen) atoms. The van der Waals surface area contributed by atoms with Gasteiger partial charge in [-0.05, 0) is 44.2 Å². The fourth-order valence-corrected chi connectivity index (χ4v) is 3.19. The normalized spacial score (nSPS) is 10.6. The Morgan fingerprint density at radius 2 is 1.87 bits per heavy atom. The lowest BCUT2D eigenvalue weighted by molar-refractivity contribution is 0.102. The number of carbonyl (C=O) groups is 1. The number of anilines is 1. The van der Waals surface area contributed by atoms with Crippen LogP contribution < -0.4 is 5.32 Å². The molecular formula is C18H15FN2OS. The van der Waals surface area contributed by atoms with Gasteiger partial charge in [0.15, 0.2) is 0 Å². The first kappa shape index (κ1) is 15.4. The number of aromatic nitrogens is 1. The molecule has 0 fully saturated rings. The number of aryl methyl sites for hydroxylation is 2. The van der Waals surface area contributed by atoms with Crippen LogP contribution in [-0.2, 0) is 0 Å². The van der Waals surface area contributed by atoms with Gasteiger partial charge in [-0.3, -0.25) is 4.79 Å². The highest BCUT2D eigenvalue weighted by molar-refractivity contribution is 7.11. The molecule has 1 heterocycles. The summed E-state index contributed by atoms with van der Waals surface area (Å²) in [6, 6.07) is 13.1. The van der Waals surface area contributed by atoms with Crippen LogP contribution in [0.25, 0.3) is 11.3 Å². The van der Waals surface area contributed by atoms with Crippen LogP contribution >= 0.6 is 11.3 Å². The number of nitrogens with one attached hydrogen (secondary N) is 1. The van der Waals surface area contributed by atoms with Gasteiger partial charge in [0.25, 0.3) is 5.91 Å². The molecule has 5 heteroatoms. The first-order valence-electron chi connectivity index (χ1n) is 7.14. The van der Waals surface area contributed by atoms with Crippen LogP contribution in [0.1, 0.15) is 20.2 Å². The third kappa shape index (κ3) is 3.46. The quantitative estimate of drug-likeness (QED) is 0.750. The Hall–Kier alpha value is -2.53. The lowest BCUT2D eigenvalue weighted by atomic mass is 10.1. The molecule has 3 nitrogen and oxygen atoms in total. The highest BCUT2D eigenvalue weighted by Gasteiger charge is 2.10. The van der Waals surface area contributed by atoms with E-state index in [4.69, 9.17) is 0 Å². The zero-order valence-corrected chi connectivity index (χ0v) is 13.6. The molecular weight excluding hydrogens is 311 g/mol. The molecule has 1 amide bonds. The summed E-state index contributed by atoms with van der Waals surface area (Å²) in [5.74, 6) is -0.652. The molecule has 1 aromatic heterocycles. The van der Waals surface area contributed by atoms with Gasteiger partial charge in [-0.15, -0.1) is 11.3 Å². The molecule has 0 aliphatic rings. The second-order valence-corrected chi connectivity index (χ2v) is 6.59. The van der Waals surface area contributed by atoms with E-state index in [1.807, 2.05) is 26.0 Å². The minimum atomic E-state index is -0.382. The van der Waals surface area contributed by atoms with Crippen molar-refractivity contribution >= 4 is 22.9 Å². The Bertz CT molecular complexity index is 856. The number of benzene rings is 2. The van der Waals surface area contributed by atoms with E-state index in [-0.39, 0.29) is 11.7 Å². The van der Waals surface area contributed by atoms with Crippen LogP contribution in [0, 0.1) is 19.7 Å². The molecule has 0 aliphatic heterocycles. The number of hydrogen-bond acceptors (Lipinski definition) is 3. The first-order chi connectivity index (χ1) is 11.0. The maximum Gasteiger partial charge on any atom is 0.255 e. The van der Waals surface area contributed by atoms with Crippen LogP contribution in [0.5, 0.6) is 0 Å². The van der Waals surface area contributed by atoms with Gasteiger partial charge in [-0.2, -0.15) is 0 Å². The predicted molar refractivity (Wildman–Crippen MR) is 91.4 cm³/mol. The summed E-state index contributed by atoms with van der Waals surface area (Å²) in [5, 5.41) is 3.70. The second-order valence-electron chi connectivity index (χ2n) is 5.18. The van der Waals surface area contributed by atoms with Gasteiger partial charge in [0.2, 0.25) is 0 Å². The van der Waals surface area contributed by atoms with Crippen LogP contribution in [-0.4, -0.2) is 10.9 Å². The lowest BCUT2D eigenvalue weighted by Crippen LogP contribution is -2.11. The Morgan fingerprint density at radius 1 is 1.13 bits per heavy atom. The fourth-order valence-electron chi connectivity index (χ4n) is 2.35. The Kier molecular flexibility index (Phi) is 4.21. The summed E-state index contributed by atoms with van der Waals surface area (Å²) in [7, 11) is 0. The van der Waals surface area contributed by atoms with Crippen molar-refractivity contribution in [1.82, 2.24) is 4.98 Å². The van der Waals surface area contributed by atoms with Gasteiger partial charge in [-0.25, -0.2) is 9.37 Å². The van der Waals surface area contributed by atoms with E-state index in [1.54, 1.807) is 35.6 Å². The fraction of sp³-hybridized carbons (Fsp3) is 0.111. The van der Waals surface area contributed by atoms with Gasteiger partial charge in [-0.1, -0.05) is 18.2 Å². The molecule has 0 unspecified atom stereocenters. The van der Waals surface area contributed by atoms with E-state index in [0.717, 1.165) is 21.1 Å². The highest BCUT2D eigenvalue weighted by Crippen LogP contribution is 2.27. The average Bonchev–Trinajstić information content (AvgIpc) is 2.86. The number of halogens is 1. The van der Waals surface area contributed by atoms with Gasteiger partial charge in [0, 0.05) is 21.7 Å². The number of carbonyl (C=O) groups excluding carboxylic acids is 1. The smallest absolute Gasteiger partial charge is 0.255 e. The zero-order chi connectivity index (χ0) is 16.4. The Morgan fingerprint density at radius 3 is 2.48 bits per heavy atom. The van der Waals surface area contributed by atoms with E-state index in [2.05, 4.69) is 10.3 Å². The summed E-state index contributed by atoms with van der Waals surface area (Å²) in [6.07, 6.45) is 0. The number of amides is 1. The number of thiazole rings is 1. The number of nitrogens with zero attached hydrogens (tertiary/aromatic N) is 1. The molecule has 0 atom stereocenters. The molecule has 3 rings (SSSR count). The summed E-state index contributed by atoms with van der Waals surface area (Å²) in [4.78, 5) is 17.9. The van der Waals surface area contributed by atoms with Crippen LogP contribution in [0.4, 0.5) is 10.1 Å². The Balaban J connectivity index is 1.79. The topological polar surface area (TPSA) is 42.0 Å². The van der Waals surface area contributed by atoms with Gasteiger partial charge >= 0.3 is 0 Å².